The second kappa shape index (κ2) is 3.44. The summed E-state index contributed by atoms with van der Waals surface area (Å²) in [6, 6.07) is 0. The SMILES string of the molecule is CC1(C)C2CCC1(N1CCOCC1)[C@H](O)C2. The molecule has 1 heterocycles. The van der Waals surface area contributed by atoms with Crippen molar-refractivity contribution in [2.45, 2.75) is 44.8 Å². The van der Waals surface area contributed by atoms with Crippen molar-refractivity contribution in [3.63, 3.8) is 0 Å². The van der Waals surface area contributed by atoms with Crippen molar-refractivity contribution >= 4 is 0 Å². The Morgan fingerprint density at radius 1 is 1.25 bits per heavy atom. The second-order valence-corrected chi connectivity index (χ2v) is 6.23. The molecule has 3 nitrogen and oxygen atoms in total. The summed E-state index contributed by atoms with van der Waals surface area (Å²) in [6.07, 6.45) is 3.34. The number of ether oxygens (including phenoxy) is 1. The molecule has 0 aromatic heterocycles. The molecule has 1 aliphatic heterocycles. The standard InChI is InChI=1S/C13H23NO2/c1-12(2)10-3-4-13(12,11(15)9-10)14-5-7-16-8-6-14/h10-11,15H,3-9H2,1-2H3/t10?,11-,13?/m1/s1. The summed E-state index contributed by atoms with van der Waals surface area (Å²) in [6.45, 7) is 8.36. The quantitative estimate of drug-likeness (QED) is 0.729. The lowest BCUT2D eigenvalue weighted by Crippen LogP contribution is -2.62. The summed E-state index contributed by atoms with van der Waals surface area (Å²) in [5.41, 5.74) is 0.311. The van der Waals surface area contributed by atoms with Crippen LogP contribution in [0.4, 0.5) is 0 Å². The highest BCUT2D eigenvalue weighted by Gasteiger charge is 2.66. The van der Waals surface area contributed by atoms with Crippen LogP contribution < -0.4 is 0 Å². The molecule has 1 N–H and O–H groups in total. The van der Waals surface area contributed by atoms with Crippen LogP contribution in [-0.4, -0.2) is 48.0 Å². The molecule has 3 aliphatic rings. The smallest absolute Gasteiger partial charge is 0.0732 e. The second-order valence-electron chi connectivity index (χ2n) is 6.23. The van der Waals surface area contributed by atoms with Crippen molar-refractivity contribution < 1.29 is 9.84 Å². The number of hydrogen-bond donors (Lipinski definition) is 1. The van der Waals surface area contributed by atoms with Gasteiger partial charge in [-0.2, -0.15) is 0 Å². The first-order valence-corrected chi connectivity index (χ1v) is 6.60. The van der Waals surface area contributed by atoms with Gasteiger partial charge in [-0.25, -0.2) is 0 Å². The molecule has 3 rings (SSSR count). The molecule has 2 unspecified atom stereocenters. The van der Waals surface area contributed by atoms with Gasteiger partial charge in [-0.1, -0.05) is 13.8 Å². The van der Waals surface area contributed by atoms with E-state index in [1.165, 1.54) is 12.8 Å². The number of rotatable bonds is 1. The third-order valence-electron chi connectivity index (χ3n) is 5.64. The van der Waals surface area contributed by atoms with E-state index in [1.807, 2.05) is 0 Å². The maximum absolute atomic E-state index is 10.5. The summed E-state index contributed by atoms with van der Waals surface area (Å²) in [4.78, 5) is 2.52. The van der Waals surface area contributed by atoms with E-state index in [0.29, 0.717) is 5.92 Å². The summed E-state index contributed by atoms with van der Waals surface area (Å²) in [5.74, 6) is 0.713. The van der Waals surface area contributed by atoms with Crippen LogP contribution >= 0.6 is 0 Å². The van der Waals surface area contributed by atoms with Crippen LogP contribution in [0.25, 0.3) is 0 Å². The topological polar surface area (TPSA) is 32.7 Å². The Morgan fingerprint density at radius 2 is 1.94 bits per heavy atom. The molecule has 2 saturated carbocycles. The lowest BCUT2D eigenvalue weighted by Gasteiger charge is -2.50. The zero-order chi connectivity index (χ0) is 11.4. The Labute approximate surface area is 97.8 Å². The molecule has 3 fully saturated rings. The van der Waals surface area contributed by atoms with E-state index in [0.717, 1.165) is 32.7 Å². The molecule has 16 heavy (non-hydrogen) atoms. The predicted molar refractivity (Wildman–Crippen MR) is 62.3 cm³/mol. The Morgan fingerprint density at radius 3 is 2.44 bits per heavy atom. The Hall–Kier alpha value is -0.120. The van der Waals surface area contributed by atoms with Gasteiger partial charge in [0.1, 0.15) is 0 Å². The zero-order valence-corrected chi connectivity index (χ0v) is 10.4. The molecule has 3 atom stereocenters. The van der Waals surface area contributed by atoms with E-state index in [1.54, 1.807) is 0 Å². The van der Waals surface area contributed by atoms with Gasteiger partial charge in [0, 0.05) is 13.1 Å². The molecule has 0 aromatic carbocycles. The van der Waals surface area contributed by atoms with Crippen LogP contribution in [0.15, 0.2) is 0 Å². The molecule has 2 aliphatic carbocycles. The molecule has 0 spiro atoms. The van der Waals surface area contributed by atoms with Gasteiger partial charge in [0.15, 0.2) is 0 Å². The van der Waals surface area contributed by atoms with E-state index >= 15 is 0 Å². The van der Waals surface area contributed by atoms with Crippen molar-refractivity contribution in [3.8, 4) is 0 Å². The largest absolute Gasteiger partial charge is 0.391 e. The van der Waals surface area contributed by atoms with Crippen LogP contribution in [0.3, 0.4) is 0 Å². The minimum absolute atomic E-state index is 0.0431. The van der Waals surface area contributed by atoms with Gasteiger partial charge in [-0.05, 0) is 30.6 Å². The van der Waals surface area contributed by atoms with Gasteiger partial charge in [0.25, 0.3) is 0 Å². The normalized spacial score (nSPS) is 47.4. The lowest BCUT2D eigenvalue weighted by molar-refractivity contribution is -0.0986. The van der Waals surface area contributed by atoms with Crippen LogP contribution in [0, 0.1) is 11.3 Å². The summed E-state index contributed by atoms with van der Waals surface area (Å²) >= 11 is 0. The fraction of sp³-hybridized carbons (Fsp3) is 1.00. The van der Waals surface area contributed by atoms with Gasteiger partial charge >= 0.3 is 0 Å². The average molecular weight is 225 g/mol. The van der Waals surface area contributed by atoms with E-state index < -0.39 is 0 Å². The fourth-order valence-corrected chi connectivity index (χ4v) is 4.64. The first-order valence-electron chi connectivity index (χ1n) is 6.60. The van der Waals surface area contributed by atoms with Crippen molar-refractivity contribution in [3.05, 3.63) is 0 Å². The molecule has 0 amide bonds. The number of morpholine rings is 1. The van der Waals surface area contributed by atoms with Gasteiger partial charge in [0.2, 0.25) is 0 Å². The molecular weight excluding hydrogens is 202 g/mol. The van der Waals surface area contributed by atoms with Crippen LogP contribution in [0.1, 0.15) is 33.1 Å². The number of nitrogens with zero attached hydrogens (tertiary/aromatic N) is 1. The monoisotopic (exact) mass is 225 g/mol. The highest BCUT2D eigenvalue weighted by atomic mass is 16.5. The van der Waals surface area contributed by atoms with Gasteiger partial charge in [0.05, 0.1) is 24.9 Å². The summed E-state index contributed by atoms with van der Waals surface area (Å²) < 4.78 is 5.44. The molecule has 92 valence electrons. The Bertz CT molecular complexity index is 286. The van der Waals surface area contributed by atoms with Crippen LogP contribution in [0.5, 0.6) is 0 Å². The van der Waals surface area contributed by atoms with Crippen LogP contribution in [-0.2, 0) is 4.74 Å². The van der Waals surface area contributed by atoms with Crippen LogP contribution in [0.2, 0.25) is 0 Å². The molecule has 1 saturated heterocycles. The number of fused-ring (bicyclic) bond motifs is 2. The third-order valence-corrected chi connectivity index (χ3v) is 5.64. The zero-order valence-electron chi connectivity index (χ0n) is 10.4. The molecule has 0 radical (unpaired) electrons. The lowest BCUT2D eigenvalue weighted by atomic mass is 9.74. The summed E-state index contributed by atoms with van der Waals surface area (Å²) in [7, 11) is 0. The van der Waals surface area contributed by atoms with Crippen molar-refractivity contribution in [1.29, 1.82) is 0 Å². The number of aliphatic hydroxyl groups excluding tert-OH is 1. The fourth-order valence-electron chi connectivity index (χ4n) is 4.64. The first-order chi connectivity index (χ1) is 7.59. The molecule has 0 aromatic rings. The minimum Gasteiger partial charge on any atom is -0.391 e. The van der Waals surface area contributed by atoms with Gasteiger partial charge in [-0.3, -0.25) is 4.90 Å². The van der Waals surface area contributed by atoms with E-state index in [-0.39, 0.29) is 17.1 Å². The van der Waals surface area contributed by atoms with Gasteiger partial charge in [-0.15, -0.1) is 0 Å². The molecular formula is C13H23NO2. The number of aliphatic hydroxyl groups is 1. The average Bonchev–Trinajstić information content (AvgIpc) is 2.64. The Kier molecular flexibility index (Phi) is 2.36. The Balaban J connectivity index is 1.94. The first kappa shape index (κ1) is 11.0. The minimum atomic E-state index is -0.126. The third kappa shape index (κ3) is 1.14. The maximum Gasteiger partial charge on any atom is 0.0732 e. The predicted octanol–water partition coefficient (Wildman–Crippen LogP) is 1.26. The highest BCUT2D eigenvalue weighted by Crippen LogP contribution is 2.62. The van der Waals surface area contributed by atoms with E-state index in [2.05, 4.69) is 18.7 Å². The molecule has 3 heteroatoms. The van der Waals surface area contributed by atoms with Gasteiger partial charge < -0.3 is 9.84 Å². The highest BCUT2D eigenvalue weighted by molar-refractivity contribution is 5.19. The van der Waals surface area contributed by atoms with Crippen molar-refractivity contribution in [2.75, 3.05) is 26.3 Å². The van der Waals surface area contributed by atoms with E-state index in [9.17, 15) is 5.11 Å². The molecule has 2 bridgehead atoms. The van der Waals surface area contributed by atoms with Crippen molar-refractivity contribution in [1.82, 2.24) is 4.90 Å². The van der Waals surface area contributed by atoms with E-state index in [4.69, 9.17) is 4.74 Å². The van der Waals surface area contributed by atoms with Crippen molar-refractivity contribution in [2.24, 2.45) is 11.3 Å². The summed E-state index contributed by atoms with van der Waals surface area (Å²) in [5, 5.41) is 10.5. The number of hydrogen-bond acceptors (Lipinski definition) is 3. The maximum atomic E-state index is 10.5.